The maximum atomic E-state index is 5.59. The summed E-state index contributed by atoms with van der Waals surface area (Å²) in [5.41, 5.74) is 24.1. The lowest BCUT2D eigenvalue weighted by Crippen LogP contribution is -2.61. The van der Waals surface area contributed by atoms with Gasteiger partial charge in [-0.2, -0.15) is 0 Å². The monoisotopic (exact) mass is 1180 g/mol. The van der Waals surface area contributed by atoms with Crippen molar-refractivity contribution in [1.29, 1.82) is 0 Å². The molecule has 0 aliphatic carbocycles. The van der Waals surface area contributed by atoms with Gasteiger partial charge < -0.3 is 14.4 Å². The molecule has 3 aromatic heterocycles. The first-order chi connectivity index (χ1) is 45.3. The smallest absolute Gasteiger partial charge is 0.252 e. The first-order valence-corrected chi connectivity index (χ1v) is 31.4. The summed E-state index contributed by atoms with van der Waals surface area (Å²) < 4.78 is 2.38. The minimum Gasteiger partial charge on any atom is -0.311 e. The number of hydrogen-bond donors (Lipinski definition) is 0. The van der Waals surface area contributed by atoms with Crippen molar-refractivity contribution in [2.24, 2.45) is 0 Å². The molecule has 0 radical (unpaired) electrons. The van der Waals surface area contributed by atoms with E-state index in [0.29, 0.717) is 23.3 Å². The fraction of sp³-hybridized carbons (Fsp3) is 0.0482. The third-order valence-corrected chi connectivity index (χ3v) is 18.2. The molecule has 92 heavy (non-hydrogen) atoms. The topological polar surface area (TPSA) is 75.9 Å². The number of nitrogens with zero attached hydrogens (tertiary/aromatic N) is 8. The van der Waals surface area contributed by atoms with Crippen LogP contribution < -0.4 is 26.2 Å². The zero-order valence-electron chi connectivity index (χ0n) is 51.0. The normalized spacial score (nSPS) is 12.4. The number of anilines is 6. The molecule has 0 unspecified atom stereocenters. The van der Waals surface area contributed by atoms with E-state index in [9.17, 15) is 0 Å². The second kappa shape index (κ2) is 22.0. The first-order valence-electron chi connectivity index (χ1n) is 31.4. The molecule has 5 heterocycles. The van der Waals surface area contributed by atoms with Gasteiger partial charge in [-0.3, -0.25) is 0 Å². The highest BCUT2D eigenvalue weighted by Crippen LogP contribution is 2.47. The van der Waals surface area contributed by atoms with Gasteiger partial charge in [0.05, 0.1) is 28.1 Å². The molecule has 0 N–H and O–H groups in total. The Bertz CT molecular complexity index is 5150. The van der Waals surface area contributed by atoms with Crippen molar-refractivity contribution in [2.45, 2.75) is 26.2 Å². The molecule has 15 aromatic rings. The van der Waals surface area contributed by atoms with Gasteiger partial charge in [-0.05, 0) is 123 Å². The van der Waals surface area contributed by atoms with Crippen molar-refractivity contribution in [1.82, 2.24) is 29.5 Å². The van der Waals surface area contributed by atoms with Crippen molar-refractivity contribution in [3.63, 3.8) is 0 Å². The minimum atomic E-state index is -0.0562. The summed E-state index contributed by atoms with van der Waals surface area (Å²) in [5, 5.41) is 2.34. The quantitative estimate of drug-likeness (QED) is 0.126. The van der Waals surface area contributed by atoms with Gasteiger partial charge >= 0.3 is 0 Å². The Hall–Kier alpha value is -11.8. The highest BCUT2D eigenvalue weighted by Gasteiger charge is 2.43. The lowest BCUT2D eigenvalue weighted by atomic mass is 9.33. The van der Waals surface area contributed by atoms with Crippen LogP contribution in [-0.2, 0) is 5.41 Å². The second-order valence-electron chi connectivity index (χ2n) is 24.8. The Balaban J connectivity index is 0.866. The number of para-hydroxylation sites is 5. The van der Waals surface area contributed by atoms with Gasteiger partial charge in [0.15, 0.2) is 23.3 Å². The summed E-state index contributed by atoms with van der Waals surface area (Å²) in [7, 11) is 0. The third-order valence-electron chi connectivity index (χ3n) is 18.2. The molecule has 0 fully saturated rings. The lowest BCUT2D eigenvalue weighted by molar-refractivity contribution is 0.591. The zero-order chi connectivity index (χ0) is 61.4. The molecule has 2 aliphatic heterocycles. The van der Waals surface area contributed by atoms with Gasteiger partial charge in [0.25, 0.3) is 6.71 Å². The van der Waals surface area contributed by atoms with E-state index in [1.165, 1.54) is 44.1 Å². The van der Waals surface area contributed by atoms with E-state index in [0.717, 1.165) is 95.4 Å². The van der Waals surface area contributed by atoms with Crippen molar-refractivity contribution in [3.8, 4) is 84.9 Å². The second-order valence-corrected chi connectivity index (χ2v) is 24.8. The van der Waals surface area contributed by atoms with Crippen LogP contribution in [-0.4, -0.2) is 36.2 Å². The van der Waals surface area contributed by atoms with Crippen LogP contribution in [0.3, 0.4) is 0 Å². The van der Waals surface area contributed by atoms with E-state index in [4.69, 9.17) is 24.9 Å². The van der Waals surface area contributed by atoms with Crippen molar-refractivity contribution in [2.75, 3.05) is 9.80 Å². The summed E-state index contributed by atoms with van der Waals surface area (Å²) >= 11 is 0. The van der Waals surface area contributed by atoms with Gasteiger partial charge in [0.1, 0.15) is 0 Å². The van der Waals surface area contributed by atoms with Crippen LogP contribution in [0.4, 0.5) is 34.1 Å². The fourth-order valence-electron chi connectivity index (χ4n) is 13.8. The van der Waals surface area contributed by atoms with Crippen LogP contribution in [0.1, 0.15) is 26.3 Å². The Morgan fingerprint density at radius 3 is 1.32 bits per heavy atom. The van der Waals surface area contributed by atoms with Crippen LogP contribution in [0.25, 0.3) is 107 Å². The van der Waals surface area contributed by atoms with Crippen molar-refractivity contribution in [3.05, 3.63) is 309 Å². The Labute approximate surface area is 535 Å². The van der Waals surface area contributed by atoms with Crippen molar-refractivity contribution >= 4 is 79.0 Å². The molecule has 8 nitrogen and oxygen atoms in total. The van der Waals surface area contributed by atoms with E-state index in [2.05, 4.69) is 296 Å². The fourth-order valence-corrected chi connectivity index (χ4v) is 13.8. The van der Waals surface area contributed by atoms with Gasteiger partial charge in [-0.15, -0.1) is 0 Å². The molecule has 434 valence electrons. The zero-order valence-corrected chi connectivity index (χ0v) is 51.0. The molecular weight excluding hydrogens is 1120 g/mol. The molecule has 2 aliphatic rings. The maximum absolute atomic E-state index is 5.59. The summed E-state index contributed by atoms with van der Waals surface area (Å²) in [5.74, 6) is 2.28. The van der Waals surface area contributed by atoms with Crippen LogP contribution in [0, 0.1) is 0 Å². The molecule has 12 aromatic carbocycles. The number of aromatic nitrogens is 6. The number of fused-ring (bicyclic) bond motifs is 7. The number of rotatable bonds is 10. The molecular formula is C83H59BN8. The average Bonchev–Trinajstić information content (AvgIpc) is 0.882. The molecule has 0 bridgehead atoms. The van der Waals surface area contributed by atoms with Gasteiger partial charge in [-0.1, -0.05) is 239 Å². The third kappa shape index (κ3) is 9.35. The van der Waals surface area contributed by atoms with Crippen LogP contribution in [0.5, 0.6) is 0 Å². The highest BCUT2D eigenvalue weighted by molar-refractivity contribution is 7.00. The van der Waals surface area contributed by atoms with Crippen LogP contribution in [0.2, 0.25) is 0 Å². The van der Waals surface area contributed by atoms with E-state index in [1.54, 1.807) is 0 Å². The average molecular weight is 1180 g/mol. The SMILES string of the molecule is CC(C)(C)c1ccc2c(c1)c1ccccc1n2-c1ccc(-c2cc(-c3ccccc3)nc(-c3ccccc3)n2)cc1-c1nc(-c2ccccc2)nc(-c2ccc(-c3cc4c5c(c3)N(c3ccccc3)c3ccccc3B5c3ccccc3N4c3ccccc3)cc2)n1. The molecule has 0 atom stereocenters. The summed E-state index contributed by atoms with van der Waals surface area (Å²) in [6.07, 6.45) is 0. The molecule has 0 saturated carbocycles. The Kier molecular flexibility index (Phi) is 13.0. The van der Waals surface area contributed by atoms with Gasteiger partial charge in [0.2, 0.25) is 0 Å². The molecule has 17 rings (SSSR count). The summed E-state index contributed by atoms with van der Waals surface area (Å²) in [6.45, 7) is 6.83. The van der Waals surface area contributed by atoms with E-state index in [-0.39, 0.29) is 12.1 Å². The maximum Gasteiger partial charge on any atom is 0.252 e. The number of hydrogen-bond acceptors (Lipinski definition) is 7. The van der Waals surface area contributed by atoms with E-state index >= 15 is 0 Å². The minimum absolute atomic E-state index is 0.0116. The number of benzene rings is 12. The van der Waals surface area contributed by atoms with Crippen molar-refractivity contribution < 1.29 is 0 Å². The van der Waals surface area contributed by atoms with Gasteiger partial charge in [-0.25, -0.2) is 24.9 Å². The predicted molar refractivity (Wildman–Crippen MR) is 381 cm³/mol. The first kappa shape index (κ1) is 54.4. The van der Waals surface area contributed by atoms with Gasteiger partial charge in [0, 0.05) is 78.3 Å². The lowest BCUT2D eigenvalue weighted by Gasteiger charge is -2.44. The summed E-state index contributed by atoms with van der Waals surface area (Å²) in [6, 6.07) is 108. The Morgan fingerprint density at radius 2 is 0.739 bits per heavy atom. The summed E-state index contributed by atoms with van der Waals surface area (Å²) in [4.78, 5) is 31.9. The van der Waals surface area contributed by atoms with Crippen LogP contribution >= 0.6 is 0 Å². The molecule has 9 heteroatoms. The predicted octanol–water partition coefficient (Wildman–Crippen LogP) is 18.8. The Morgan fingerprint density at radius 1 is 0.293 bits per heavy atom. The van der Waals surface area contributed by atoms with Crippen LogP contribution in [0.15, 0.2) is 303 Å². The van der Waals surface area contributed by atoms with E-state index in [1.807, 2.05) is 42.5 Å². The molecule has 0 spiro atoms. The standard InChI is InChI=1S/C83H59BN8/c1-83(2,3)61-46-48-72-65(52-61)64-35-19-22-38-71(64)92(72)73-47-45-59(70-53-69(55-25-9-4-10-26-55)85-79(86-70)56-27-11-5-12-28-56)49-66(73)82-88-80(57-29-13-6-14-30-57)87-81(89-82)58-43-41-54(42-44-58)60-50-76-78-77(51-60)91(63-33-17-8-18-34-63)75-40-24-21-37-68(75)84(78)67-36-20-23-39-74(67)90(76)62-31-15-7-16-32-62/h4-53H,1-3H3. The molecule has 0 amide bonds. The largest absolute Gasteiger partial charge is 0.311 e. The molecule has 0 saturated heterocycles. The van der Waals surface area contributed by atoms with E-state index < -0.39 is 0 Å². The highest BCUT2D eigenvalue weighted by atomic mass is 15.2.